The molecule has 1 aliphatic rings. The van der Waals surface area contributed by atoms with Gasteiger partial charge in [0.25, 0.3) is 0 Å². The van der Waals surface area contributed by atoms with Crippen LogP contribution < -0.4 is 11.3 Å². The molecule has 0 aliphatic heterocycles. The zero-order valence-corrected chi connectivity index (χ0v) is 12.5. The Morgan fingerprint density at radius 3 is 2.60 bits per heavy atom. The number of aliphatic imine (C=N–C) groups is 1. The molecule has 1 fully saturated rings. The fourth-order valence-electron chi connectivity index (χ4n) is 2.84. The minimum Gasteiger partial charge on any atom is -0.308 e. The summed E-state index contributed by atoms with van der Waals surface area (Å²) in [5.74, 6) is 6.55. The van der Waals surface area contributed by atoms with Crippen molar-refractivity contribution in [2.45, 2.75) is 44.6 Å². The van der Waals surface area contributed by atoms with Crippen LogP contribution in [0.5, 0.6) is 0 Å². The maximum Gasteiger partial charge on any atom is 0.153 e. The van der Waals surface area contributed by atoms with E-state index >= 15 is 0 Å². The standard InChI is InChI=1S/C16H21N3S/c17-19-16(18-13-8-3-1-2-4-9-13)15-11-12-7-5-6-10-14(12)20-15/h5-7,10-11,13H,1-4,8-9,17H2,(H,18,19). The summed E-state index contributed by atoms with van der Waals surface area (Å²) in [6.07, 6.45) is 7.66. The smallest absolute Gasteiger partial charge is 0.153 e. The molecular weight excluding hydrogens is 266 g/mol. The molecule has 0 atom stereocenters. The van der Waals surface area contributed by atoms with Crippen LogP contribution in [-0.4, -0.2) is 11.9 Å². The van der Waals surface area contributed by atoms with Gasteiger partial charge in [-0.1, -0.05) is 43.9 Å². The van der Waals surface area contributed by atoms with Gasteiger partial charge in [0.05, 0.1) is 10.9 Å². The molecule has 0 radical (unpaired) electrons. The van der Waals surface area contributed by atoms with Gasteiger partial charge in [-0.2, -0.15) is 0 Å². The predicted octanol–water partition coefficient (Wildman–Crippen LogP) is 3.83. The van der Waals surface area contributed by atoms with Gasteiger partial charge in [0.1, 0.15) is 0 Å². The molecule has 1 heterocycles. The Balaban J connectivity index is 1.87. The molecule has 1 saturated carbocycles. The zero-order valence-electron chi connectivity index (χ0n) is 11.6. The van der Waals surface area contributed by atoms with Crippen LogP contribution >= 0.6 is 11.3 Å². The molecule has 3 nitrogen and oxygen atoms in total. The molecule has 0 amide bonds. The molecule has 106 valence electrons. The Kier molecular flexibility index (Phi) is 4.33. The number of benzene rings is 1. The second-order valence-corrected chi connectivity index (χ2v) is 6.50. The van der Waals surface area contributed by atoms with Gasteiger partial charge in [-0.25, -0.2) is 5.84 Å². The average molecular weight is 287 g/mol. The third-order valence-electron chi connectivity index (χ3n) is 3.93. The van der Waals surface area contributed by atoms with Crippen molar-refractivity contribution in [3.8, 4) is 0 Å². The molecule has 3 rings (SSSR count). The lowest BCUT2D eigenvalue weighted by Gasteiger charge is -2.11. The first-order valence-electron chi connectivity index (χ1n) is 7.40. The highest BCUT2D eigenvalue weighted by Crippen LogP contribution is 2.26. The van der Waals surface area contributed by atoms with Crippen LogP contribution in [-0.2, 0) is 0 Å². The number of amidine groups is 1. The molecule has 1 aliphatic carbocycles. The zero-order chi connectivity index (χ0) is 13.8. The van der Waals surface area contributed by atoms with Crippen molar-refractivity contribution >= 4 is 27.3 Å². The molecule has 1 aromatic heterocycles. The monoisotopic (exact) mass is 287 g/mol. The van der Waals surface area contributed by atoms with E-state index in [1.807, 2.05) is 0 Å². The van der Waals surface area contributed by atoms with Crippen molar-refractivity contribution in [3.63, 3.8) is 0 Å². The number of nitrogens with one attached hydrogen (secondary N) is 1. The molecule has 2 aromatic rings. The van der Waals surface area contributed by atoms with Crippen LogP contribution in [0.1, 0.15) is 43.4 Å². The first-order chi connectivity index (χ1) is 9.86. The van der Waals surface area contributed by atoms with Gasteiger partial charge in [-0.3, -0.25) is 4.99 Å². The quantitative estimate of drug-likeness (QED) is 0.290. The van der Waals surface area contributed by atoms with Gasteiger partial charge in [-0.15, -0.1) is 11.3 Å². The van der Waals surface area contributed by atoms with Crippen LogP contribution in [0.3, 0.4) is 0 Å². The van der Waals surface area contributed by atoms with Gasteiger partial charge < -0.3 is 5.43 Å². The van der Waals surface area contributed by atoms with Gasteiger partial charge >= 0.3 is 0 Å². The molecule has 1 aromatic carbocycles. The molecule has 4 heteroatoms. The Labute approximate surface area is 123 Å². The number of nitrogens with zero attached hydrogens (tertiary/aromatic N) is 1. The van der Waals surface area contributed by atoms with Gasteiger partial charge in [-0.05, 0) is 30.4 Å². The van der Waals surface area contributed by atoms with E-state index in [9.17, 15) is 0 Å². The van der Waals surface area contributed by atoms with E-state index in [1.165, 1.54) is 48.6 Å². The highest BCUT2D eigenvalue weighted by Gasteiger charge is 2.14. The lowest BCUT2D eigenvalue weighted by atomic mass is 10.1. The van der Waals surface area contributed by atoms with E-state index in [0.29, 0.717) is 6.04 Å². The van der Waals surface area contributed by atoms with E-state index in [4.69, 9.17) is 10.8 Å². The van der Waals surface area contributed by atoms with Crippen molar-refractivity contribution in [2.75, 3.05) is 0 Å². The van der Waals surface area contributed by atoms with Crippen molar-refractivity contribution in [2.24, 2.45) is 10.8 Å². The fourth-order valence-corrected chi connectivity index (χ4v) is 3.86. The first-order valence-corrected chi connectivity index (χ1v) is 8.22. The summed E-state index contributed by atoms with van der Waals surface area (Å²) >= 11 is 1.75. The summed E-state index contributed by atoms with van der Waals surface area (Å²) in [6, 6.07) is 11.0. The number of hydrogen-bond acceptors (Lipinski definition) is 3. The molecule has 0 saturated heterocycles. The second kappa shape index (κ2) is 6.37. The molecule has 0 unspecified atom stereocenters. The molecule has 20 heavy (non-hydrogen) atoms. The van der Waals surface area contributed by atoms with Crippen molar-refractivity contribution < 1.29 is 0 Å². The van der Waals surface area contributed by atoms with E-state index in [0.717, 1.165) is 10.7 Å². The predicted molar refractivity (Wildman–Crippen MR) is 87.2 cm³/mol. The maximum atomic E-state index is 5.71. The van der Waals surface area contributed by atoms with Crippen LogP contribution in [0.25, 0.3) is 10.1 Å². The minimum atomic E-state index is 0.425. The Morgan fingerprint density at radius 1 is 1.15 bits per heavy atom. The fraction of sp³-hybridized carbons (Fsp3) is 0.438. The van der Waals surface area contributed by atoms with Crippen LogP contribution in [0.15, 0.2) is 35.3 Å². The third kappa shape index (κ3) is 3.02. The summed E-state index contributed by atoms with van der Waals surface area (Å²) in [7, 11) is 0. The maximum absolute atomic E-state index is 5.71. The Hall–Kier alpha value is -1.39. The third-order valence-corrected chi connectivity index (χ3v) is 5.05. The summed E-state index contributed by atoms with van der Waals surface area (Å²) in [6.45, 7) is 0. The molecule has 0 spiro atoms. The summed E-state index contributed by atoms with van der Waals surface area (Å²) in [5, 5.41) is 1.26. The highest BCUT2D eigenvalue weighted by atomic mass is 32.1. The van der Waals surface area contributed by atoms with Gasteiger partial charge in [0, 0.05) is 4.70 Å². The topological polar surface area (TPSA) is 50.4 Å². The Bertz CT molecular complexity index is 562. The molecule has 0 bridgehead atoms. The number of thiophene rings is 1. The number of hydrazine groups is 1. The summed E-state index contributed by atoms with van der Waals surface area (Å²) < 4.78 is 1.28. The van der Waals surface area contributed by atoms with Crippen molar-refractivity contribution in [1.29, 1.82) is 0 Å². The average Bonchev–Trinajstić information content (AvgIpc) is 2.74. The number of nitrogens with two attached hydrogens (primary N) is 1. The lowest BCUT2D eigenvalue weighted by Crippen LogP contribution is -2.31. The number of rotatable bonds is 2. The lowest BCUT2D eigenvalue weighted by molar-refractivity contribution is 0.583. The normalized spacial score (nSPS) is 18.1. The van der Waals surface area contributed by atoms with E-state index < -0.39 is 0 Å². The first kappa shape index (κ1) is 13.6. The van der Waals surface area contributed by atoms with E-state index in [2.05, 4.69) is 35.8 Å². The van der Waals surface area contributed by atoms with Crippen LogP contribution in [0, 0.1) is 0 Å². The Morgan fingerprint density at radius 2 is 1.90 bits per heavy atom. The number of hydrogen-bond donors (Lipinski definition) is 2. The molecule has 3 N–H and O–H groups in total. The number of fused-ring (bicyclic) bond motifs is 1. The van der Waals surface area contributed by atoms with Crippen molar-refractivity contribution in [1.82, 2.24) is 5.43 Å². The van der Waals surface area contributed by atoms with E-state index in [-0.39, 0.29) is 0 Å². The van der Waals surface area contributed by atoms with Crippen LogP contribution in [0.2, 0.25) is 0 Å². The molecular formula is C16H21N3S. The van der Waals surface area contributed by atoms with Gasteiger partial charge in [0.15, 0.2) is 5.84 Å². The van der Waals surface area contributed by atoms with E-state index in [1.54, 1.807) is 11.3 Å². The largest absolute Gasteiger partial charge is 0.308 e. The SMILES string of the molecule is NNC(=NC1CCCCCC1)c1cc2ccccc2s1. The van der Waals surface area contributed by atoms with Crippen LogP contribution in [0.4, 0.5) is 0 Å². The second-order valence-electron chi connectivity index (χ2n) is 5.42. The summed E-state index contributed by atoms with van der Waals surface area (Å²) in [5.41, 5.74) is 2.81. The highest BCUT2D eigenvalue weighted by molar-refractivity contribution is 7.20. The summed E-state index contributed by atoms with van der Waals surface area (Å²) in [4.78, 5) is 6.01. The van der Waals surface area contributed by atoms with Gasteiger partial charge in [0.2, 0.25) is 0 Å². The van der Waals surface area contributed by atoms with Crippen molar-refractivity contribution in [3.05, 3.63) is 35.2 Å². The minimum absolute atomic E-state index is 0.425.